The lowest BCUT2D eigenvalue weighted by molar-refractivity contribution is 0.0522. The summed E-state index contributed by atoms with van der Waals surface area (Å²) in [6, 6.07) is 12.1. The van der Waals surface area contributed by atoms with Gasteiger partial charge in [0.2, 0.25) is 0 Å². The number of aryl methyl sites for hydroxylation is 2. The molecule has 2 aromatic heterocycles. The van der Waals surface area contributed by atoms with Crippen molar-refractivity contribution >= 4 is 23.7 Å². The molecular formula is C30H36N4O5. The number of amides is 2. The predicted octanol–water partition coefficient (Wildman–Crippen LogP) is 5.93. The van der Waals surface area contributed by atoms with Gasteiger partial charge in [-0.05, 0) is 64.7 Å². The van der Waals surface area contributed by atoms with Crippen LogP contribution in [0.3, 0.4) is 0 Å². The highest BCUT2D eigenvalue weighted by Gasteiger charge is 2.24. The molecule has 0 aliphatic rings. The summed E-state index contributed by atoms with van der Waals surface area (Å²) in [6.45, 7) is 13.5. The maximum atomic E-state index is 13.3. The van der Waals surface area contributed by atoms with E-state index in [9.17, 15) is 19.5 Å². The van der Waals surface area contributed by atoms with Crippen molar-refractivity contribution in [1.82, 2.24) is 15.3 Å². The van der Waals surface area contributed by atoms with Gasteiger partial charge in [0.15, 0.2) is 0 Å². The summed E-state index contributed by atoms with van der Waals surface area (Å²) >= 11 is 0. The van der Waals surface area contributed by atoms with Crippen LogP contribution in [0, 0.1) is 19.8 Å². The smallest absolute Gasteiger partial charge is 0.407 e. The lowest BCUT2D eigenvalue weighted by Gasteiger charge is -2.24. The van der Waals surface area contributed by atoms with Crippen molar-refractivity contribution in [2.24, 2.45) is 5.92 Å². The number of hydrogen-bond donors (Lipinski definition) is 3. The Balaban J connectivity index is 2.16. The first-order valence-electron chi connectivity index (χ1n) is 12.8. The first-order valence-corrected chi connectivity index (χ1v) is 12.8. The van der Waals surface area contributed by atoms with Crippen LogP contribution in [0.2, 0.25) is 0 Å². The number of hydrogen-bond acceptors (Lipinski definition) is 6. The zero-order chi connectivity index (χ0) is 28.9. The van der Waals surface area contributed by atoms with Gasteiger partial charge in [-0.2, -0.15) is 0 Å². The molecule has 0 unspecified atom stereocenters. The molecule has 0 saturated heterocycles. The third kappa shape index (κ3) is 7.86. The lowest BCUT2D eigenvalue weighted by atomic mass is 9.92. The van der Waals surface area contributed by atoms with Crippen molar-refractivity contribution in [2.75, 3.05) is 5.32 Å². The fourth-order valence-corrected chi connectivity index (χ4v) is 4.07. The third-order valence-electron chi connectivity index (χ3n) is 5.75. The number of carbonyl (C=O) groups is 3. The van der Waals surface area contributed by atoms with E-state index < -0.39 is 23.6 Å². The predicted molar refractivity (Wildman–Crippen MR) is 150 cm³/mol. The van der Waals surface area contributed by atoms with Gasteiger partial charge in [0.25, 0.3) is 5.91 Å². The number of alkyl carbamates (subject to hydrolysis) is 1. The van der Waals surface area contributed by atoms with Gasteiger partial charge in [0.05, 0.1) is 11.4 Å². The number of benzene rings is 1. The van der Waals surface area contributed by atoms with Crippen LogP contribution in [0.25, 0.3) is 11.1 Å². The minimum atomic E-state index is -1.23. The Morgan fingerprint density at radius 3 is 2.21 bits per heavy atom. The third-order valence-corrected chi connectivity index (χ3v) is 5.75. The second kappa shape index (κ2) is 12.1. The molecule has 0 saturated carbocycles. The van der Waals surface area contributed by atoms with Crippen molar-refractivity contribution in [3.63, 3.8) is 0 Å². The molecule has 3 N–H and O–H groups in total. The minimum absolute atomic E-state index is 0.0381. The average molecular weight is 533 g/mol. The SMILES string of the molecule is Cc1ccc(-c2c(CNC(=O)OC(C)(C)C)c(CC(C)C)nc(C)c2NC(=O)c2cccc(C(=O)O)n2)cc1. The molecule has 9 nitrogen and oxygen atoms in total. The standard InChI is InChI=1S/C30H36N4O5/c1-17(2)15-24-21(16-31-29(38)39-30(5,6)7)25(20-13-11-18(3)12-14-20)26(19(4)32-24)34-27(35)22-9-8-10-23(33-22)28(36)37/h8-14,17H,15-16H2,1-7H3,(H,31,38)(H,34,35)(H,36,37). The molecule has 0 fully saturated rings. The molecule has 206 valence electrons. The summed E-state index contributed by atoms with van der Waals surface area (Å²) < 4.78 is 5.45. The van der Waals surface area contributed by atoms with E-state index in [4.69, 9.17) is 9.72 Å². The second-order valence-corrected chi connectivity index (χ2v) is 10.9. The van der Waals surface area contributed by atoms with Gasteiger partial charge in [0.1, 0.15) is 17.0 Å². The molecule has 9 heteroatoms. The van der Waals surface area contributed by atoms with Gasteiger partial charge in [-0.15, -0.1) is 0 Å². The molecule has 0 radical (unpaired) electrons. The van der Waals surface area contributed by atoms with Crippen molar-refractivity contribution in [3.05, 3.63) is 76.4 Å². The van der Waals surface area contributed by atoms with Crippen molar-refractivity contribution in [2.45, 2.75) is 67.0 Å². The molecule has 0 spiro atoms. The molecule has 3 aromatic rings. The fraction of sp³-hybridized carbons (Fsp3) is 0.367. The molecule has 0 bridgehead atoms. The molecule has 0 atom stereocenters. The number of carbonyl (C=O) groups excluding carboxylic acids is 2. The Morgan fingerprint density at radius 1 is 0.974 bits per heavy atom. The summed E-state index contributed by atoms with van der Waals surface area (Å²) in [5.74, 6) is -1.51. The van der Waals surface area contributed by atoms with E-state index in [1.165, 1.54) is 18.2 Å². The minimum Gasteiger partial charge on any atom is -0.477 e. The van der Waals surface area contributed by atoms with E-state index >= 15 is 0 Å². The highest BCUT2D eigenvalue weighted by atomic mass is 16.6. The van der Waals surface area contributed by atoms with Crippen LogP contribution in [-0.2, 0) is 17.7 Å². The maximum Gasteiger partial charge on any atom is 0.407 e. The quantitative estimate of drug-likeness (QED) is 0.327. The molecule has 0 aliphatic heterocycles. The molecule has 0 aliphatic carbocycles. The molecule has 2 amide bonds. The summed E-state index contributed by atoms with van der Waals surface area (Å²) in [7, 11) is 0. The molecule has 39 heavy (non-hydrogen) atoms. The molecule has 2 heterocycles. The monoisotopic (exact) mass is 532 g/mol. The van der Waals surface area contributed by atoms with Gasteiger partial charge in [-0.3, -0.25) is 9.78 Å². The fourth-order valence-electron chi connectivity index (χ4n) is 4.07. The highest BCUT2D eigenvalue weighted by molar-refractivity contribution is 6.06. The van der Waals surface area contributed by atoms with Crippen LogP contribution in [-0.4, -0.2) is 38.6 Å². The van der Waals surface area contributed by atoms with Crippen molar-refractivity contribution in [1.29, 1.82) is 0 Å². The topological polar surface area (TPSA) is 131 Å². The van der Waals surface area contributed by atoms with Crippen molar-refractivity contribution < 1.29 is 24.2 Å². The Kier molecular flexibility index (Phi) is 9.06. The number of ether oxygens (including phenoxy) is 1. The van der Waals surface area contributed by atoms with Gasteiger partial charge < -0.3 is 20.5 Å². The van der Waals surface area contributed by atoms with Crippen LogP contribution in [0.4, 0.5) is 10.5 Å². The molecular weight excluding hydrogens is 496 g/mol. The normalized spacial score (nSPS) is 11.3. The number of aromatic nitrogens is 2. The van der Waals surface area contributed by atoms with Gasteiger partial charge in [-0.25, -0.2) is 14.6 Å². The zero-order valence-corrected chi connectivity index (χ0v) is 23.5. The van der Waals surface area contributed by atoms with E-state index in [-0.39, 0.29) is 23.9 Å². The van der Waals surface area contributed by atoms with E-state index in [1.54, 1.807) is 20.8 Å². The first kappa shape index (κ1) is 29.3. The highest BCUT2D eigenvalue weighted by Crippen LogP contribution is 2.36. The summed E-state index contributed by atoms with van der Waals surface area (Å²) in [5.41, 5.74) is 4.30. The lowest BCUT2D eigenvalue weighted by Crippen LogP contribution is -2.32. The largest absolute Gasteiger partial charge is 0.477 e. The van der Waals surface area contributed by atoms with E-state index in [2.05, 4.69) is 29.5 Å². The van der Waals surface area contributed by atoms with Gasteiger partial charge >= 0.3 is 12.1 Å². The van der Waals surface area contributed by atoms with Crippen LogP contribution in [0.15, 0.2) is 42.5 Å². The average Bonchev–Trinajstić information content (AvgIpc) is 2.84. The number of nitrogens with one attached hydrogen (secondary N) is 2. The van der Waals surface area contributed by atoms with Gasteiger partial charge in [-0.1, -0.05) is 49.7 Å². The Labute approximate surface area is 229 Å². The summed E-state index contributed by atoms with van der Waals surface area (Å²) in [4.78, 5) is 46.1. The van der Waals surface area contributed by atoms with Gasteiger partial charge in [0, 0.05) is 23.4 Å². The summed E-state index contributed by atoms with van der Waals surface area (Å²) in [5, 5.41) is 15.1. The molecule has 1 aromatic carbocycles. The second-order valence-electron chi connectivity index (χ2n) is 10.9. The van der Waals surface area contributed by atoms with Crippen LogP contribution in [0.1, 0.15) is 78.1 Å². The summed E-state index contributed by atoms with van der Waals surface area (Å²) in [6.07, 6.45) is 0.0928. The van der Waals surface area contributed by atoms with Crippen LogP contribution < -0.4 is 10.6 Å². The number of aromatic carboxylic acids is 1. The first-order chi connectivity index (χ1) is 18.2. The van der Waals surface area contributed by atoms with E-state index in [1.807, 2.05) is 38.1 Å². The maximum absolute atomic E-state index is 13.3. The number of pyridine rings is 2. The van der Waals surface area contributed by atoms with Crippen LogP contribution >= 0.6 is 0 Å². The molecule has 3 rings (SSSR count). The van der Waals surface area contributed by atoms with Crippen LogP contribution in [0.5, 0.6) is 0 Å². The number of anilines is 1. The Morgan fingerprint density at radius 2 is 1.62 bits per heavy atom. The Hall–Kier alpha value is -4.27. The number of carboxylic acids is 1. The number of carboxylic acid groups (broad SMARTS) is 1. The van der Waals surface area contributed by atoms with E-state index in [0.29, 0.717) is 17.8 Å². The Bertz CT molecular complexity index is 1380. The van der Waals surface area contributed by atoms with Crippen molar-refractivity contribution in [3.8, 4) is 11.1 Å². The number of rotatable bonds is 8. The number of nitrogens with zero attached hydrogens (tertiary/aromatic N) is 2. The zero-order valence-electron chi connectivity index (χ0n) is 23.5. The van der Waals surface area contributed by atoms with E-state index in [0.717, 1.165) is 27.9 Å².